The summed E-state index contributed by atoms with van der Waals surface area (Å²) >= 11 is 0. The van der Waals surface area contributed by atoms with E-state index in [9.17, 15) is 0 Å². The molecule has 1 saturated heterocycles. The van der Waals surface area contributed by atoms with Gasteiger partial charge in [-0.3, -0.25) is 0 Å². The minimum absolute atomic E-state index is 0.505. The molecule has 0 radical (unpaired) electrons. The molecule has 6 nitrogen and oxygen atoms in total. The number of anilines is 2. The Hall–Kier alpha value is -1.87. The molecule has 6 heteroatoms. The maximum absolute atomic E-state index is 9.16. The van der Waals surface area contributed by atoms with E-state index < -0.39 is 0 Å². The topological polar surface area (TPSA) is 85.7 Å². The molecule has 1 aliphatic heterocycles. The summed E-state index contributed by atoms with van der Waals surface area (Å²) in [6.45, 7) is 6.02. The molecule has 0 aliphatic carbocycles. The minimum atomic E-state index is 0.505. The first-order valence-electron chi connectivity index (χ1n) is 7.79. The van der Waals surface area contributed by atoms with Crippen molar-refractivity contribution in [2.75, 3.05) is 36.8 Å². The molecule has 3 N–H and O–H groups in total. The van der Waals surface area contributed by atoms with Gasteiger partial charge in [0.25, 0.3) is 0 Å². The van der Waals surface area contributed by atoms with Gasteiger partial charge in [-0.15, -0.1) is 0 Å². The Morgan fingerprint density at radius 2 is 2.19 bits per heavy atom. The van der Waals surface area contributed by atoms with E-state index in [1.54, 1.807) is 6.20 Å². The summed E-state index contributed by atoms with van der Waals surface area (Å²) in [4.78, 5) is 8.61. The van der Waals surface area contributed by atoms with Crippen molar-refractivity contribution in [3.05, 3.63) is 11.8 Å². The Morgan fingerprint density at radius 3 is 2.90 bits per heavy atom. The van der Waals surface area contributed by atoms with E-state index in [0.29, 0.717) is 23.2 Å². The molecule has 1 aromatic rings. The molecule has 0 spiro atoms. The molecular weight excluding hydrogens is 264 g/mol. The maximum Gasteiger partial charge on any atom is 0.224 e. The highest BCUT2D eigenvalue weighted by Crippen LogP contribution is 2.16. The fourth-order valence-electron chi connectivity index (χ4n) is 2.39. The number of piperidine rings is 1. The summed E-state index contributed by atoms with van der Waals surface area (Å²) in [5.74, 6) is 1.88. The molecule has 0 bridgehead atoms. The summed E-state index contributed by atoms with van der Waals surface area (Å²) in [5, 5.41) is 19.0. The lowest BCUT2D eigenvalue weighted by molar-refractivity contribution is 0.389. The van der Waals surface area contributed by atoms with E-state index in [1.807, 2.05) is 0 Å². The largest absolute Gasteiger partial charge is 0.369 e. The Morgan fingerprint density at radius 1 is 1.38 bits per heavy atom. The number of aromatic nitrogens is 2. The monoisotopic (exact) mass is 288 g/mol. The van der Waals surface area contributed by atoms with E-state index in [1.165, 1.54) is 12.8 Å². The maximum atomic E-state index is 9.16. The highest BCUT2D eigenvalue weighted by molar-refractivity contribution is 5.53. The van der Waals surface area contributed by atoms with Gasteiger partial charge in [0.15, 0.2) is 0 Å². The molecule has 1 fully saturated rings. The van der Waals surface area contributed by atoms with Crippen LogP contribution in [0.25, 0.3) is 0 Å². The quantitative estimate of drug-likeness (QED) is 0.665. The van der Waals surface area contributed by atoms with Crippen molar-refractivity contribution in [3.8, 4) is 6.07 Å². The summed E-state index contributed by atoms with van der Waals surface area (Å²) in [7, 11) is 0. The van der Waals surface area contributed by atoms with E-state index in [0.717, 1.165) is 39.0 Å². The number of nitriles is 1. The summed E-state index contributed by atoms with van der Waals surface area (Å²) < 4.78 is 0. The Kier molecular flexibility index (Phi) is 6.22. The van der Waals surface area contributed by atoms with Crippen molar-refractivity contribution < 1.29 is 0 Å². The average molecular weight is 288 g/mol. The fraction of sp³-hybridized carbons (Fsp3) is 0.667. The third kappa shape index (κ3) is 4.87. The number of rotatable bonds is 7. The first-order valence-corrected chi connectivity index (χ1v) is 7.79. The summed E-state index contributed by atoms with van der Waals surface area (Å²) in [5.41, 5.74) is 0.505. The van der Waals surface area contributed by atoms with Crippen molar-refractivity contribution in [1.82, 2.24) is 15.3 Å². The molecule has 0 atom stereocenters. The van der Waals surface area contributed by atoms with E-state index in [4.69, 9.17) is 5.26 Å². The van der Waals surface area contributed by atoms with Gasteiger partial charge in [0.1, 0.15) is 17.5 Å². The summed E-state index contributed by atoms with van der Waals surface area (Å²) in [6.07, 6.45) is 6.14. The molecule has 1 aliphatic rings. The smallest absolute Gasteiger partial charge is 0.224 e. The standard InChI is InChI=1S/C15H24N6/c1-2-3-6-18-15-20-11-13(9-16)14(21-15)19-10-12-4-7-17-8-5-12/h11-12,17H,2-8,10H2,1H3,(H2,18,19,20,21). The van der Waals surface area contributed by atoms with Crippen LogP contribution in [0.15, 0.2) is 6.20 Å². The first kappa shape index (κ1) is 15.5. The summed E-state index contributed by atoms with van der Waals surface area (Å²) in [6, 6.07) is 2.15. The van der Waals surface area contributed by atoms with Gasteiger partial charge in [-0.2, -0.15) is 10.2 Å². The second-order valence-corrected chi connectivity index (χ2v) is 5.42. The average Bonchev–Trinajstić information content (AvgIpc) is 2.54. The van der Waals surface area contributed by atoms with E-state index >= 15 is 0 Å². The van der Waals surface area contributed by atoms with Crippen molar-refractivity contribution in [2.45, 2.75) is 32.6 Å². The van der Waals surface area contributed by atoms with Crippen LogP contribution >= 0.6 is 0 Å². The molecule has 2 heterocycles. The van der Waals surface area contributed by atoms with Gasteiger partial charge < -0.3 is 16.0 Å². The predicted octanol–water partition coefficient (Wildman–Crippen LogP) is 1.97. The lowest BCUT2D eigenvalue weighted by atomic mass is 9.98. The van der Waals surface area contributed by atoms with Gasteiger partial charge in [0.2, 0.25) is 5.95 Å². The number of hydrogen-bond donors (Lipinski definition) is 3. The molecule has 2 rings (SSSR count). The van der Waals surface area contributed by atoms with Gasteiger partial charge in [-0.25, -0.2) is 4.98 Å². The van der Waals surface area contributed by atoms with Gasteiger partial charge in [-0.1, -0.05) is 13.3 Å². The molecule has 1 aromatic heterocycles. The van der Waals surface area contributed by atoms with Gasteiger partial charge >= 0.3 is 0 Å². The van der Waals surface area contributed by atoms with Gasteiger partial charge in [0, 0.05) is 13.1 Å². The first-order chi connectivity index (χ1) is 10.3. The van der Waals surface area contributed by atoms with Crippen molar-refractivity contribution in [1.29, 1.82) is 5.26 Å². The van der Waals surface area contributed by atoms with Gasteiger partial charge in [0.05, 0.1) is 6.20 Å². The highest BCUT2D eigenvalue weighted by Gasteiger charge is 2.14. The zero-order valence-corrected chi connectivity index (χ0v) is 12.7. The van der Waals surface area contributed by atoms with Crippen LogP contribution in [-0.4, -0.2) is 36.1 Å². The lowest BCUT2D eigenvalue weighted by Gasteiger charge is -2.23. The normalized spacial score (nSPS) is 15.4. The second kappa shape index (κ2) is 8.42. The zero-order valence-electron chi connectivity index (χ0n) is 12.7. The molecule has 0 saturated carbocycles. The van der Waals surface area contributed by atoms with Crippen LogP contribution in [0.4, 0.5) is 11.8 Å². The van der Waals surface area contributed by atoms with E-state index in [2.05, 4.69) is 38.9 Å². The van der Waals surface area contributed by atoms with Gasteiger partial charge in [-0.05, 0) is 38.3 Å². The minimum Gasteiger partial charge on any atom is -0.369 e. The SMILES string of the molecule is CCCCNc1ncc(C#N)c(NCC2CCNCC2)n1. The molecule has 0 amide bonds. The Labute approximate surface area is 126 Å². The second-order valence-electron chi connectivity index (χ2n) is 5.42. The van der Waals surface area contributed by atoms with Crippen LogP contribution in [0.1, 0.15) is 38.2 Å². The van der Waals surface area contributed by atoms with Crippen LogP contribution in [0.2, 0.25) is 0 Å². The Balaban J connectivity index is 1.94. The lowest BCUT2D eigenvalue weighted by Crippen LogP contribution is -2.31. The third-order valence-electron chi connectivity index (χ3n) is 3.74. The molecule has 21 heavy (non-hydrogen) atoms. The molecular formula is C15H24N6. The number of unbranched alkanes of at least 4 members (excludes halogenated alkanes) is 1. The molecule has 114 valence electrons. The number of nitrogens with one attached hydrogen (secondary N) is 3. The van der Waals surface area contributed by atoms with Crippen LogP contribution in [0, 0.1) is 17.2 Å². The van der Waals surface area contributed by atoms with Crippen molar-refractivity contribution in [2.24, 2.45) is 5.92 Å². The van der Waals surface area contributed by atoms with Crippen LogP contribution in [0.3, 0.4) is 0 Å². The molecule has 0 unspecified atom stereocenters. The number of nitrogens with zero attached hydrogens (tertiary/aromatic N) is 3. The zero-order chi connectivity index (χ0) is 14.9. The van der Waals surface area contributed by atoms with Crippen molar-refractivity contribution in [3.63, 3.8) is 0 Å². The Bertz CT molecular complexity index is 476. The van der Waals surface area contributed by atoms with Crippen LogP contribution < -0.4 is 16.0 Å². The van der Waals surface area contributed by atoms with E-state index in [-0.39, 0.29) is 0 Å². The molecule has 0 aromatic carbocycles. The highest BCUT2D eigenvalue weighted by atomic mass is 15.1. The van der Waals surface area contributed by atoms with Crippen molar-refractivity contribution >= 4 is 11.8 Å². The third-order valence-corrected chi connectivity index (χ3v) is 3.74. The predicted molar refractivity (Wildman–Crippen MR) is 84.2 cm³/mol. The fourth-order valence-corrected chi connectivity index (χ4v) is 2.39. The number of hydrogen-bond acceptors (Lipinski definition) is 6. The van der Waals surface area contributed by atoms with Crippen LogP contribution in [0.5, 0.6) is 0 Å². The van der Waals surface area contributed by atoms with Crippen LogP contribution in [-0.2, 0) is 0 Å².